The number of benzene rings is 1. The molecule has 1 heterocycles. The smallest absolute Gasteiger partial charge is 0.226 e. The lowest BCUT2D eigenvalue weighted by Gasteiger charge is -2.07. The Kier molecular flexibility index (Phi) is 6.10. The Morgan fingerprint density at radius 1 is 1.26 bits per heavy atom. The van der Waals surface area contributed by atoms with E-state index in [-0.39, 0.29) is 12.3 Å². The average molecular weight is 332 g/mol. The number of hydrogen-bond donors (Lipinski definition) is 2. The van der Waals surface area contributed by atoms with Gasteiger partial charge >= 0.3 is 0 Å². The van der Waals surface area contributed by atoms with E-state index >= 15 is 0 Å². The van der Waals surface area contributed by atoms with Crippen molar-refractivity contribution in [2.75, 3.05) is 11.9 Å². The Bertz CT molecular complexity index is 666. The topological polar surface area (TPSA) is 66.9 Å². The van der Waals surface area contributed by atoms with Crippen molar-refractivity contribution in [3.05, 3.63) is 34.3 Å². The van der Waals surface area contributed by atoms with Crippen LogP contribution in [0.4, 0.5) is 10.8 Å². The van der Waals surface area contributed by atoms with Gasteiger partial charge in [0.25, 0.3) is 0 Å². The number of rotatable bonds is 7. The van der Waals surface area contributed by atoms with Crippen molar-refractivity contribution in [2.45, 2.75) is 40.5 Å². The highest BCUT2D eigenvalue weighted by molar-refractivity contribution is 7.15. The highest BCUT2D eigenvalue weighted by Gasteiger charge is 2.10. The van der Waals surface area contributed by atoms with Crippen LogP contribution in [0.2, 0.25) is 0 Å². The average Bonchev–Trinajstić information content (AvgIpc) is 2.89. The fourth-order valence-electron chi connectivity index (χ4n) is 2.06. The van der Waals surface area contributed by atoms with Crippen LogP contribution in [0.15, 0.2) is 18.2 Å². The molecular weight excluding hydrogens is 308 g/mol. The monoisotopic (exact) mass is 332 g/mol. The minimum absolute atomic E-state index is 0.0000797. The number of carbonyl (C=O) groups excluding carboxylic acids is 1. The Morgan fingerprint density at radius 3 is 2.78 bits per heavy atom. The molecule has 2 N–H and O–H groups in total. The number of carbonyl (C=O) groups is 1. The molecule has 0 saturated heterocycles. The first kappa shape index (κ1) is 17.4. The van der Waals surface area contributed by atoms with E-state index in [9.17, 15) is 4.79 Å². The van der Waals surface area contributed by atoms with Crippen LogP contribution in [-0.2, 0) is 11.2 Å². The lowest BCUT2D eigenvalue weighted by atomic mass is 10.1. The van der Waals surface area contributed by atoms with E-state index in [1.54, 1.807) is 0 Å². The molecule has 6 heteroatoms. The molecule has 0 atom stereocenters. The van der Waals surface area contributed by atoms with Gasteiger partial charge in [-0.1, -0.05) is 37.3 Å². The van der Waals surface area contributed by atoms with Gasteiger partial charge in [0.2, 0.25) is 11.0 Å². The minimum atomic E-state index is 0.0000797. The molecule has 0 saturated carbocycles. The maximum absolute atomic E-state index is 11.9. The van der Waals surface area contributed by atoms with Crippen LogP contribution < -0.4 is 10.6 Å². The van der Waals surface area contributed by atoms with Gasteiger partial charge in [0.1, 0.15) is 5.01 Å². The standard InChI is InChI=1S/C17H24N4OS/c1-11(2)7-8-18-15(22)10-16-20-21-17(23-16)19-14-9-12(3)5-6-13(14)4/h5-6,9,11H,7-8,10H2,1-4H3,(H,18,22)(H,19,21). The third-order valence-electron chi connectivity index (χ3n) is 3.46. The Hall–Kier alpha value is -1.95. The lowest BCUT2D eigenvalue weighted by molar-refractivity contribution is -0.120. The molecule has 124 valence electrons. The van der Waals surface area contributed by atoms with E-state index in [0.717, 1.165) is 22.7 Å². The number of nitrogens with zero attached hydrogens (tertiary/aromatic N) is 2. The van der Waals surface area contributed by atoms with Crippen LogP contribution in [0, 0.1) is 19.8 Å². The van der Waals surface area contributed by atoms with Gasteiger partial charge in [0.05, 0.1) is 6.42 Å². The third kappa shape index (κ3) is 5.63. The van der Waals surface area contributed by atoms with Crippen molar-refractivity contribution in [2.24, 2.45) is 5.92 Å². The summed E-state index contributed by atoms with van der Waals surface area (Å²) in [6, 6.07) is 6.23. The highest BCUT2D eigenvalue weighted by Crippen LogP contribution is 2.24. The van der Waals surface area contributed by atoms with Crippen molar-refractivity contribution in [3.8, 4) is 0 Å². The summed E-state index contributed by atoms with van der Waals surface area (Å²) in [6.07, 6.45) is 1.27. The van der Waals surface area contributed by atoms with Gasteiger partial charge in [0, 0.05) is 12.2 Å². The maximum Gasteiger partial charge on any atom is 0.226 e. The fraction of sp³-hybridized carbons (Fsp3) is 0.471. The third-order valence-corrected chi connectivity index (χ3v) is 4.30. The molecule has 5 nitrogen and oxygen atoms in total. The zero-order valence-electron chi connectivity index (χ0n) is 14.1. The van der Waals surface area contributed by atoms with Crippen LogP contribution in [0.5, 0.6) is 0 Å². The minimum Gasteiger partial charge on any atom is -0.356 e. The van der Waals surface area contributed by atoms with Crippen molar-refractivity contribution in [3.63, 3.8) is 0 Å². The molecule has 0 spiro atoms. The summed E-state index contributed by atoms with van der Waals surface area (Å²) in [6.45, 7) is 9.09. The number of nitrogens with one attached hydrogen (secondary N) is 2. The van der Waals surface area contributed by atoms with E-state index in [1.165, 1.54) is 16.9 Å². The molecule has 1 aromatic heterocycles. The first-order chi connectivity index (χ1) is 10.9. The predicted octanol–water partition coefficient (Wildman–Crippen LogP) is 3.60. The van der Waals surface area contributed by atoms with Crippen LogP contribution in [0.3, 0.4) is 0 Å². The van der Waals surface area contributed by atoms with Crippen LogP contribution in [0.25, 0.3) is 0 Å². The molecule has 2 rings (SSSR count). The van der Waals surface area contributed by atoms with Crippen molar-refractivity contribution < 1.29 is 4.79 Å². The summed E-state index contributed by atoms with van der Waals surface area (Å²) in [7, 11) is 0. The molecule has 0 radical (unpaired) electrons. The Balaban J connectivity index is 1.90. The number of aryl methyl sites for hydroxylation is 2. The first-order valence-electron chi connectivity index (χ1n) is 7.87. The second-order valence-corrected chi connectivity index (χ2v) is 7.22. The number of aromatic nitrogens is 2. The maximum atomic E-state index is 11.9. The summed E-state index contributed by atoms with van der Waals surface area (Å²) in [5.41, 5.74) is 3.36. The van der Waals surface area contributed by atoms with Gasteiger partial charge in [-0.2, -0.15) is 0 Å². The molecule has 23 heavy (non-hydrogen) atoms. The molecular formula is C17H24N4OS. The summed E-state index contributed by atoms with van der Waals surface area (Å²) in [5.74, 6) is 0.588. The van der Waals surface area contributed by atoms with E-state index in [0.29, 0.717) is 17.6 Å². The normalized spacial score (nSPS) is 10.8. The number of hydrogen-bond acceptors (Lipinski definition) is 5. The molecule has 2 aromatic rings. The zero-order valence-corrected chi connectivity index (χ0v) is 15.0. The molecule has 0 bridgehead atoms. The van der Waals surface area contributed by atoms with E-state index in [2.05, 4.69) is 59.8 Å². The van der Waals surface area contributed by atoms with Gasteiger partial charge < -0.3 is 10.6 Å². The molecule has 0 aliphatic carbocycles. The number of anilines is 2. The summed E-state index contributed by atoms with van der Waals surface area (Å²) >= 11 is 1.42. The fourth-order valence-corrected chi connectivity index (χ4v) is 2.81. The Labute approximate surface area is 141 Å². The molecule has 1 amide bonds. The quantitative estimate of drug-likeness (QED) is 0.813. The van der Waals surface area contributed by atoms with E-state index < -0.39 is 0 Å². The second kappa shape index (κ2) is 8.06. The molecule has 0 aliphatic heterocycles. The van der Waals surface area contributed by atoms with Crippen LogP contribution in [-0.4, -0.2) is 22.6 Å². The van der Waals surface area contributed by atoms with Crippen molar-refractivity contribution in [1.29, 1.82) is 0 Å². The summed E-state index contributed by atoms with van der Waals surface area (Å²) < 4.78 is 0. The second-order valence-electron chi connectivity index (χ2n) is 6.15. The van der Waals surface area contributed by atoms with E-state index in [4.69, 9.17) is 0 Å². The molecule has 1 aromatic carbocycles. The first-order valence-corrected chi connectivity index (χ1v) is 8.69. The lowest BCUT2D eigenvalue weighted by Crippen LogP contribution is -2.26. The van der Waals surface area contributed by atoms with Crippen LogP contribution >= 0.6 is 11.3 Å². The van der Waals surface area contributed by atoms with Crippen LogP contribution in [0.1, 0.15) is 36.4 Å². The van der Waals surface area contributed by atoms with Gasteiger partial charge in [-0.25, -0.2) is 0 Å². The highest BCUT2D eigenvalue weighted by atomic mass is 32.1. The Morgan fingerprint density at radius 2 is 2.04 bits per heavy atom. The van der Waals surface area contributed by atoms with Gasteiger partial charge in [-0.3, -0.25) is 4.79 Å². The number of amides is 1. The van der Waals surface area contributed by atoms with Gasteiger partial charge in [-0.05, 0) is 43.4 Å². The predicted molar refractivity (Wildman–Crippen MR) is 95.3 cm³/mol. The molecule has 0 fully saturated rings. The van der Waals surface area contributed by atoms with Crippen molar-refractivity contribution >= 4 is 28.1 Å². The van der Waals surface area contributed by atoms with Gasteiger partial charge in [0.15, 0.2) is 0 Å². The SMILES string of the molecule is Cc1ccc(C)c(Nc2nnc(CC(=O)NCCC(C)C)s2)c1. The molecule has 0 unspecified atom stereocenters. The summed E-state index contributed by atoms with van der Waals surface area (Å²) in [4.78, 5) is 11.9. The van der Waals surface area contributed by atoms with Gasteiger partial charge in [-0.15, -0.1) is 10.2 Å². The van der Waals surface area contributed by atoms with Crippen molar-refractivity contribution in [1.82, 2.24) is 15.5 Å². The van der Waals surface area contributed by atoms with E-state index in [1.807, 2.05) is 6.92 Å². The largest absolute Gasteiger partial charge is 0.356 e. The zero-order chi connectivity index (χ0) is 16.8. The summed E-state index contributed by atoms with van der Waals surface area (Å²) in [5, 5.41) is 15.8. The molecule has 0 aliphatic rings.